The molecule has 2 nitrogen and oxygen atoms in total. The summed E-state index contributed by atoms with van der Waals surface area (Å²) in [6.07, 6.45) is 3.58. The first-order valence-electron chi connectivity index (χ1n) is 5.42. The van der Waals surface area contributed by atoms with Gasteiger partial charge in [0.25, 0.3) is 0 Å². The Kier molecular flexibility index (Phi) is 5.57. The van der Waals surface area contributed by atoms with Crippen LogP contribution >= 0.6 is 0 Å². The van der Waals surface area contributed by atoms with Crippen molar-refractivity contribution in [2.75, 3.05) is 6.54 Å². The highest BCUT2D eigenvalue weighted by Gasteiger charge is 2.20. The van der Waals surface area contributed by atoms with Crippen LogP contribution < -0.4 is 5.84 Å². The zero-order valence-electron chi connectivity index (χ0n) is 9.93. The molecule has 0 aromatic carbocycles. The van der Waals surface area contributed by atoms with Crippen molar-refractivity contribution in [3.05, 3.63) is 0 Å². The number of hydrazine groups is 1. The molecule has 2 heteroatoms. The molecule has 0 fully saturated rings. The smallest absolute Gasteiger partial charge is 0.0293 e. The van der Waals surface area contributed by atoms with Gasteiger partial charge in [0, 0.05) is 12.1 Å². The fourth-order valence-electron chi connectivity index (χ4n) is 1.18. The van der Waals surface area contributed by atoms with E-state index in [4.69, 9.17) is 5.84 Å². The first kappa shape index (κ1) is 12.9. The monoisotopic (exact) mass is 186 g/mol. The average Bonchev–Trinajstić information content (AvgIpc) is 2.03. The van der Waals surface area contributed by atoms with E-state index in [2.05, 4.69) is 34.6 Å². The second-order valence-electron chi connectivity index (χ2n) is 4.90. The van der Waals surface area contributed by atoms with E-state index in [1.165, 1.54) is 12.8 Å². The molecule has 13 heavy (non-hydrogen) atoms. The molecule has 0 heterocycles. The molecule has 0 saturated heterocycles. The molecule has 0 spiro atoms. The van der Waals surface area contributed by atoms with Crippen molar-refractivity contribution in [2.45, 2.75) is 59.4 Å². The Morgan fingerprint density at radius 1 is 1.31 bits per heavy atom. The lowest BCUT2D eigenvalue weighted by Crippen LogP contribution is -2.48. The van der Waals surface area contributed by atoms with E-state index in [0.717, 1.165) is 18.9 Å². The summed E-state index contributed by atoms with van der Waals surface area (Å²) in [7, 11) is 0. The molecule has 0 aliphatic heterocycles. The van der Waals surface area contributed by atoms with Crippen LogP contribution in [0.25, 0.3) is 0 Å². The fraction of sp³-hybridized carbons (Fsp3) is 1.00. The minimum atomic E-state index is 0.150. The van der Waals surface area contributed by atoms with Crippen LogP contribution in [0.3, 0.4) is 0 Å². The van der Waals surface area contributed by atoms with Gasteiger partial charge in [0.1, 0.15) is 0 Å². The molecular formula is C11H26N2. The third-order valence-electron chi connectivity index (χ3n) is 2.82. The Balaban J connectivity index is 3.68. The number of rotatable bonds is 6. The summed E-state index contributed by atoms with van der Waals surface area (Å²) < 4.78 is 0. The van der Waals surface area contributed by atoms with E-state index >= 15 is 0 Å². The lowest BCUT2D eigenvalue weighted by molar-refractivity contribution is 0.113. The van der Waals surface area contributed by atoms with Gasteiger partial charge in [-0.25, -0.2) is 5.01 Å². The third kappa shape index (κ3) is 5.27. The van der Waals surface area contributed by atoms with Gasteiger partial charge in [0.05, 0.1) is 0 Å². The molecule has 80 valence electrons. The highest BCUT2D eigenvalue weighted by atomic mass is 15.4. The van der Waals surface area contributed by atoms with Gasteiger partial charge >= 0.3 is 0 Å². The van der Waals surface area contributed by atoms with Gasteiger partial charge in [-0.05, 0) is 39.0 Å². The predicted molar refractivity (Wildman–Crippen MR) is 59.3 cm³/mol. The molecule has 0 aliphatic rings. The molecule has 0 saturated carbocycles. The lowest BCUT2D eigenvalue weighted by atomic mass is 10.0. The molecular weight excluding hydrogens is 160 g/mol. The van der Waals surface area contributed by atoms with Crippen molar-refractivity contribution in [3.63, 3.8) is 0 Å². The van der Waals surface area contributed by atoms with Gasteiger partial charge in [0.15, 0.2) is 0 Å². The summed E-state index contributed by atoms with van der Waals surface area (Å²) >= 11 is 0. The van der Waals surface area contributed by atoms with Gasteiger partial charge in [0.2, 0.25) is 0 Å². The Bertz CT molecular complexity index is 130. The summed E-state index contributed by atoms with van der Waals surface area (Å²) in [6, 6.07) is 0. The quantitative estimate of drug-likeness (QED) is 0.510. The molecule has 0 rings (SSSR count). The minimum Gasteiger partial charge on any atom is -0.268 e. The van der Waals surface area contributed by atoms with E-state index in [-0.39, 0.29) is 5.54 Å². The first-order chi connectivity index (χ1) is 5.90. The fourth-order valence-corrected chi connectivity index (χ4v) is 1.18. The van der Waals surface area contributed by atoms with Crippen molar-refractivity contribution >= 4 is 0 Å². The summed E-state index contributed by atoms with van der Waals surface area (Å²) in [4.78, 5) is 0. The van der Waals surface area contributed by atoms with Crippen molar-refractivity contribution in [1.29, 1.82) is 0 Å². The third-order valence-corrected chi connectivity index (χ3v) is 2.82. The summed E-state index contributed by atoms with van der Waals surface area (Å²) in [5.74, 6) is 6.77. The van der Waals surface area contributed by atoms with Crippen molar-refractivity contribution in [3.8, 4) is 0 Å². The molecule has 0 atom stereocenters. The van der Waals surface area contributed by atoms with Gasteiger partial charge in [-0.2, -0.15) is 0 Å². The van der Waals surface area contributed by atoms with Crippen LogP contribution in [0.4, 0.5) is 0 Å². The first-order valence-corrected chi connectivity index (χ1v) is 5.42. The molecule has 0 radical (unpaired) electrons. The molecule has 0 aliphatic carbocycles. The summed E-state index contributed by atoms with van der Waals surface area (Å²) in [5, 5.41) is 1.98. The number of hydrogen-bond donors (Lipinski definition) is 1. The number of nitrogens with zero attached hydrogens (tertiary/aromatic N) is 1. The maximum atomic E-state index is 5.98. The second-order valence-corrected chi connectivity index (χ2v) is 4.90. The Morgan fingerprint density at radius 3 is 2.23 bits per heavy atom. The largest absolute Gasteiger partial charge is 0.268 e. The predicted octanol–water partition coefficient (Wildman–Crippen LogP) is 2.79. The Labute approximate surface area is 83.5 Å². The van der Waals surface area contributed by atoms with E-state index in [0.29, 0.717) is 0 Å². The van der Waals surface area contributed by atoms with E-state index in [1.807, 2.05) is 5.01 Å². The Morgan fingerprint density at radius 2 is 1.85 bits per heavy atom. The van der Waals surface area contributed by atoms with Gasteiger partial charge in [-0.15, -0.1) is 0 Å². The maximum Gasteiger partial charge on any atom is 0.0293 e. The zero-order chi connectivity index (χ0) is 10.5. The maximum absolute atomic E-state index is 5.98. The van der Waals surface area contributed by atoms with Crippen molar-refractivity contribution in [2.24, 2.45) is 11.8 Å². The van der Waals surface area contributed by atoms with Crippen LogP contribution in [0, 0.1) is 5.92 Å². The van der Waals surface area contributed by atoms with Crippen molar-refractivity contribution in [1.82, 2.24) is 5.01 Å². The standard InChI is InChI=1S/C11H26N2/c1-6-11(4,5)13(12)9-7-8-10(2)3/h10H,6-9,12H2,1-5H3. The minimum absolute atomic E-state index is 0.150. The highest BCUT2D eigenvalue weighted by Crippen LogP contribution is 2.15. The van der Waals surface area contributed by atoms with E-state index < -0.39 is 0 Å². The SMILES string of the molecule is CCC(C)(C)N(N)CCCC(C)C. The molecule has 0 amide bonds. The molecule has 2 N–H and O–H groups in total. The molecule has 0 unspecified atom stereocenters. The topological polar surface area (TPSA) is 29.3 Å². The van der Waals surface area contributed by atoms with Crippen LogP contribution in [0.5, 0.6) is 0 Å². The number of nitrogens with two attached hydrogens (primary N) is 1. The van der Waals surface area contributed by atoms with Crippen molar-refractivity contribution < 1.29 is 0 Å². The zero-order valence-corrected chi connectivity index (χ0v) is 9.93. The van der Waals surface area contributed by atoms with E-state index in [9.17, 15) is 0 Å². The van der Waals surface area contributed by atoms with Crippen LogP contribution in [-0.4, -0.2) is 17.1 Å². The van der Waals surface area contributed by atoms with Gasteiger partial charge in [-0.3, -0.25) is 5.84 Å². The van der Waals surface area contributed by atoms with Crippen LogP contribution in [0.1, 0.15) is 53.9 Å². The van der Waals surface area contributed by atoms with Crippen LogP contribution in [-0.2, 0) is 0 Å². The highest BCUT2D eigenvalue weighted by molar-refractivity contribution is 4.75. The normalized spacial score (nSPS) is 12.9. The summed E-state index contributed by atoms with van der Waals surface area (Å²) in [6.45, 7) is 12.1. The average molecular weight is 186 g/mol. The molecule has 0 aromatic rings. The van der Waals surface area contributed by atoms with E-state index in [1.54, 1.807) is 0 Å². The van der Waals surface area contributed by atoms with Crippen LogP contribution in [0.2, 0.25) is 0 Å². The summed E-state index contributed by atoms with van der Waals surface area (Å²) in [5.41, 5.74) is 0.150. The number of hydrogen-bond acceptors (Lipinski definition) is 2. The lowest BCUT2D eigenvalue weighted by Gasteiger charge is -2.34. The molecule has 0 bridgehead atoms. The second kappa shape index (κ2) is 5.61. The van der Waals surface area contributed by atoms with Gasteiger partial charge < -0.3 is 0 Å². The Hall–Kier alpha value is -0.0800. The van der Waals surface area contributed by atoms with Crippen LogP contribution in [0.15, 0.2) is 0 Å². The van der Waals surface area contributed by atoms with Gasteiger partial charge in [-0.1, -0.05) is 20.8 Å². The molecule has 0 aromatic heterocycles.